The highest BCUT2D eigenvalue weighted by molar-refractivity contribution is 7.78. The molecule has 0 aromatic heterocycles. The molecule has 40 valence electrons. The van der Waals surface area contributed by atoms with Crippen LogP contribution in [-0.2, 0) is 4.79 Å². The van der Waals surface area contributed by atoms with Crippen LogP contribution >= 0.6 is 12.2 Å². The Hall–Kier alpha value is -0.790. The van der Waals surface area contributed by atoms with Crippen LogP contribution in [0.1, 0.15) is 6.42 Å². The Morgan fingerprint density at radius 2 is 2.62 bits per heavy atom. The summed E-state index contributed by atoms with van der Waals surface area (Å²) in [4.78, 5) is 13.7. The smallest absolute Gasteiger partial charge is 0.266 e. The Morgan fingerprint density at radius 1 is 2.00 bits per heavy atom. The van der Waals surface area contributed by atoms with E-state index < -0.39 is 0 Å². The monoisotopic (exact) mass is 125 g/mol. The van der Waals surface area contributed by atoms with Gasteiger partial charge in [-0.15, -0.1) is 0 Å². The Labute approximate surface area is 51.9 Å². The van der Waals surface area contributed by atoms with Gasteiger partial charge in [0.2, 0.25) is 0 Å². The number of allylic oxidation sites excluding steroid dienone is 1. The number of carbonyl (C=O) groups excluding carboxylic acids is 1. The molecule has 0 unspecified atom stereocenters. The summed E-state index contributed by atoms with van der Waals surface area (Å²) < 4.78 is 0. The predicted molar refractivity (Wildman–Crippen MR) is 32.7 cm³/mol. The normalized spacial score (nSPS) is 13.8. The van der Waals surface area contributed by atoms with E-state index in [1.165, 1.54) is 0 Å². The van der Waals surface area contributed by atoms with Gasteiger partial charge in [-0.25, -0.2) is 0 Å². The van der Waals surface area contributed by atoms with Gasteiger partial charge in [-0.1, -0.05) is 6.08 Å². The van der Waals surface area contributed by atoms with Gasteiger partial charge >= 0.3 is 0 Å². The van der Waals surface area contributed by atoms with Gasteiger partial charge in [0.15, 0.2) is 0 Å². The van der Waals surface area contributed by atoms with E-state index in [1.807, 2.05) is 5.16 Å². The maximum atomic E-state index is 10.4. The van der Waals surface area contributed by atoms with Crippen molar-refractivity contribution in [3.63, 3.8) is 0 Å². The van der Waals surface area contributed by atoms with Crippen molar-refractivity contribution in [1.29, 1.82) is 0 Å². The SMILES string of the molecule is O=C(N=C=S)C1=CC1. The zero-order chi connectivity index (χ0) is 5.98. The number of isothiocyanates is 1. The highest BCUT2D eigenvalue weighted by Gasteiger charge is 2.14. The van der Waals surface area contributed by atoms with E-state index in [9.17, 15) is 4.79 Å². The lowest BCUT2D eigenvalue weighted by atomic mass is 10.5. The minimum Gasteiger partial charge on any atom is -0.266 e. The molecule has 2 nitrogen and oxygen atoms in total. The molecule has 0 heterocycles. The van der Waals surface area contributed by atoms with Crippen LogP contribution in [-0.4, -0.2) is 11.1 Å². The fourth-order valence-electron chi connectivity index (χ4n) is 0.339. The van der Waals surface area contributed by atoms with Gasteiger partial charge in [0, 0.05) is 5.57 Å². The van der Waals surface area contributed by atoms with Crippen molar-refractivity contribution >= 4 is 23.3 Å². The van der Waals surface area contributed by atoms with Gasteiger partial charge < -0.3 is 0 Å². The standard InChI is InChI=1S/C5H3NOS/c7-5(6-3-8)4-1-2-4/h1H,2H2. The molecule has 0 fully saturated rings. The number of carbonyl (C=O) groups is 1. The van der Waals surface area contributed by atoms with E-state index in [1.54, 1.807) is 6.08 Å². The third-order valence-electron chi connectivity index (χ3n) is 0.830. The summed E-state index contributed by atoms with van der Waals surface area (Å²) >= 11 is 4.21. The summed E-state index contributed by atoms with van der Waals surface area (Å²) in [6.07, 6.45) is 2.58. The summed E-state index contributed by atoms with van der Waals surface area (Å²) in [5, 5.41) is 2.01. The van der Waals surface area contributed by atoms with Crippen LogP contribution in [0.2, 0.25) is 0 Å². The molecule has 0 radical (unpaired) electrons. The lowest BCUT2D eigenvalue weighted by Gasteiger charge is -1.73. The van der Waals surface area contributed by atoms with Gasteiger partial charge in [-0.05, 0) is 18.6 Å². The van der Waals surface area contributed by atoms with Crippen LogP contribution in [0.5, 0.6) is 0 Å². The number of amides is 1. The second kappa shape index (κ2) is 1.99. The average Bonchev–Trinajstić information content (AvgIpc) is 2.45. The molecule has 0 N–H and O–H groups in total. The lowest BCUT2D eigenvalue weighted by Crippen LogP contribution is -1.85. The third kappa shape index (κ3) is 1.09. The first-order chi connectivity index (χ1) is 3.84. The van der Waals surface area contributed by atoms with E-state index in [-0.39, 0.29) is 5.91 Å². The van der Waals surface area contributed by atoms with Crippen molar-refractivity contribution in [2.45, 2.75) is 6.42 Å². The second-order valence-corrected chi connectivity index (χ2v) is 1.62. The largest absolute Gasteiger partial charge is 0.281 e. The quantitative estimate of drug-likeness (QED) is 0.385. The fraction of sp³-hybridized carbons (Fsp3) is 0.200. The maximum Gasteiger partial charge on any atom is 0.281 e. The maximum absolute atomic E-state index is 10.4. The average molecular weight is 125 g/mol. The minimum atomic E-state index is -0.236. The zero-order valence-corrected chi connectivity index (χ0v) is 4.86. The van der Waals surface area contributed by atoms with Crippen molar-refractivity contribution in [3.05, 3.63) is 11.6 Å². The molecule has 1 aliphatic rings. The topological polar surface area (TPSA) is 29.4 Å². The molecule has 0 saturated carbocycles. The van der Waals surface area contributed by atoms with Gasteiger partial charge in [-0.3, -0.25) is 4.79 Å². The summed E-state index contributed by atoms with van der Waals surface area (Å²) in [5.41, 5.74) is 0.752. The first-order valence-corrected chi connectivity index (χ1v) is 2.56. The lowest BCUT2D eigenvalue weighted by molar-refractivity contribution is -0.113. The van der Waals surface area contributed by atoms with Gasteiger partial charge in [-0.2, -0.15) is 4.99 Å². The predicted octanol–water partition coefficient (Wildman–Crippen LogP) is 0.946. The molecule has 1 rings (SSSR count). The van der Waals surface area contributed by atoms with E-state index in [0.717, 1.165) is 12.0 Å². The van der Waals surface area contributed by atoms with Crippen LogP contribution in [0.4, 0.5) is 0 Å². The molecule has 0 aromatic rings. The number of thiocarbonyl (C=S) groups is 1. The molecule has 3 heteroatoms. The van der Waals surface area contributed by atoms with Gasteiger partial charge in [0.25, 0.3) is 5.91 Å². The van der Waals surface area contributed by atoms with Gasteiger partial charge in [0.05, 0.1) is 5.16 Å². The molecular formula is C5H3NOS. The van der Waals surface area contributed by atoms with Crippen molar-refractivity contribution in [2.24, 2.45) is 4.99 Å². The second-order valence-electron chi connectivity index (χ2n) is 1.44. The molecule has 0 bridgehead atoms. The van der Waals surface area contributed by atoms with Crippen molar-refractivity contribution in [2.75, 3.05) is 0 Å². The van der Waals surface area contributed by atoms with E-state index in [2.05, 4.69) is 17.2 Å². The van der Waals surface area contributed by atoms with Crippen LogP contribution in [0.25, 0.3) is 0 Å². The highest BCUT2D eigenvalue weighted by Crippen LogP contribution is 2.18. The Morgan fingerprint density at radius 3 is 3.00 bits per heavy atom. The van der Waals surface area contributed by atoms with Crippen molar-refractivity contribution < 1.29 is 4.79 Å². The molecule has 8 heavy (non-hydrogen) atoms. The fourth-order valence-corrected chi connectivity index (χ4v) is 0.422. The first kappa shape index (κ1) is 5.35. The van der Waals surface area contributed by atoms with Gasteiger partial charge in [0.1, 0.15) is 0 Å². The summed E-state index contributed by atoms with van der Waals surface area (Å²) in [6.45, 7) is 0. The molecule has 0 saturated heterocycles. The Bertz CT molecular complexity index is 196. The molecule has 0 spiro atoms. The molecule has 0 atom stereocenters. The van der Waals surface area contributed by atoms with E-state index >= 15 is 0 Å². The van der Waals surface area contributed by atoms with Crippen molar-refractivity contribution in [3.8, 4) is 0 Å². The van der Waals surface area contributed by atoms with Crippen molar-refractivity contribution in [1.82, 2.24) is 0 Å². The minimum absolute atomic E-state index is 0.236. The van der Waals surface area contributed by atoms with Crippen LogP contribution in [0, 0.1) is 0 Å². The molecule has 1 aliphatic carbocycles. The zero-order valence-electron chi connectivity index (χ0n) is 4.05. The summed E-state index contributed by atoms with van der Waals surface area (Å²) in [6, 6.07) is 0. The number of rotatable bonds is 1. The number of hydrogen-bond acceptors (Lipinski definition) is 2. The number of aliphatic imine (C=N–C) groups is 1. The number of nitrogens with zero attached hydrogens (tertiary/aromatic N) is 1. The van der Waals surface area contributed by atoms with Crippen LogP contribution in [0.3, 0.4) is 0 Å². The number of hydrogen-bond donors (Lipinski definition) is 0. The molecular weight excluding hydrogens is 122 g/mol. The first-order valence-electron chi connectivity index (χ1n) is 2.16. The highest BCUT2D eigenvalue weighted by atomic mass is 32.1. The van der Waals surface area contributed by atoms with Crippen LogP contribution in [0.15, 0.2) is 16.6 Å². The summed E-state index contributed by atoms with van der Waals surface area (Å²) in [7, 11) is 0. The Balaban J connectivity index is 2.58. The molecule has 1 amide bonds. The Kier molecular flexibility index (Phi) is 1.33. The molecule has 0 aliphatic heterocycles. The van der Waals surface area contributed by atoms with Crippen LogP contribution < -0.4 is 0 Å². The summed E-state index contributed by atoms with van der Waals surface area (Å²) in [5.74, 6) is -0.236. The van der Waals surface area contributed by atoms with E-state index in [0.29, 0.717) is 0 Å². The van der Waals surface area contributed by atoms with E-state index in [4.69, 9.17) is 0 Å². The third-order valence-corrected chi connectivity index (χ3v) is 0.921. The molecule has 0 aromatic carbocycles.